The van der Waals surface area contributed by atoms with Crippen LogP contribution in [0.5, 0.6) is 5.75 Å². The maximum absolute atomic E-state index is 12.7. The van der Waals surface area contributed by atoms with Crippen molar-refractivity contribution in [3.63, 3.8) is 0 Å². The number of aliphatic hydroxyl groups excluding tert-OH is 1. The molecule has 1 saturated heterocycles. The molecule has 1 heterocycles. The lowest BCUT2D eigenvalue weighted by atomic mass is 9.82. The number of esters is 2. The predicted octanol–water partition coefficient (Wildman–Crippen LogP) is 2.09. The highest BCUT2D eigenvalue weighted by Gasteiger charge is 2.54. The van der Waals surface area contributed by atoms with E-state index in [1.165, 1.54) is 6.08 Å². The van der Waals surface area contributed by atoms with Crippen molar-refractivity contribution in [2.75, 3.05) is 13.7 Å². The molecule has 4 rings (SSSR count). The number of aliphatic hydroxyl groups is 1. The Balaban J connectivity index is 1.60. The van der Waals surface area contributed by atoms with Gasteiger partial charge in [0.05, 0.1) is 26.1 Å². The summed E-state index contributed by atoms with van der Waals surface area (Å²) in [6.07, 6.45) is 0.316. The molecule has 1 aromatic carbocycles. The van der Waals surface area contributed by atoms with Gasteiger partial charge in [-0.25, -0.2) is 4.79 Å². The largest absolute Gasteiger partial charge is 0.497 e. The second-order valence-electron chi connectivity index (χ2n) is 8.09. The average Bonchev–Trinajstić information content (AvgIpc) is 3.19. The lowest BCUT2D eigenvalue weighted by molar-refractivity contribution is -0.152. The van der Waals surface area contributed by atoms with Gasteiger partial charge in [-0.15, -0.1) is 0 Å². The van der Waals surface area contributed by atoms with Crippen molar-refractivity contribution in [2.24, 2.45) is 11.8 Å². The van der Waals surface area contributed by atoms with Crippen LogP contribution in [0.15, 0.2) is 59.2 Å². The summed E-state index contributed by atoms with van der Waals surface area (Å²) in [4.78, 5) is 37.6. The molecule has 0 saturated carbocycles. The minimum Gasteiger partial charge on any atom is -0.497 e. The summed E-state index contributed by atoms with van der Waals surface area (Å²) in [7, 11) is 1.57. The standard InChI is InChI=1S/C24H24O7/c1-12-8-18(30-19(27)9-14-4-6-16(29-3)7-5-14)21-13(2)24(28)31-23(21)22-15(11-25)10-17(26)20(12)22/h4-7,10,18,21-23,25H,2,8-9,11H2,1,3H3/t18-,21-,22+,23+/m1/s1. The van der Waals surface area contributed by atoms with Crippen LogP contribution in [-0.4, -0.2) is 48.8 Å². The SMILES string of the molecule is C=C1C(=O)O[C@@H]2[C@H]3C(CO)=CC(=O)C3=C(C)C[C@@H](OC(=O)Cc3ccc(OC)cc3)[C@@H]12. The predicted molar refractivity (Wildman–Crippen MR) is 110 cm³/mol. The van der Waals surface area contributed by atoms with Gasteiger partial charge in [0, 0.05) is 23.5 Å². The van der Waals surface area contributed by atoms with E-state index >= 15 is 0 Å². The number of hydrogen-bond donors (Lipinski definition) is 1. The minimum absolute atomic E-state index is 0.0545. The highest BCUT2D eigenvalue weighted by atomic mass is 16.6. The molecular formula is C24H24O7. The Bertz CT molecular complexity index is 1010. The van der Waals surface area contributed by atoms with E-state index < -0.39 is 36.0 Å². The maximum Gasteiger partial charge on any atom is 0.334 e. The Morgan fingerprint density at radius 1 is 1.26 bits per heavy atom. The molecular weight excluding hydrogens is 400 g/mol. The molecule has 7 nitrogen and oxygen atoms in total. The van der Waals surface area contributed by atoms with Crippen molar-refractivity contribution in [1.82, 2.24) is 0 Å². The van der Waals surface area contributed by atoms with Gasteiger partial charge in [-0.05, 0) is 36.3 Å². The summed E-state index contributed by atoms with van der Waals surface area (Å²) >= 11 is 0. The Morgan fingerprint density at radius 2 is 1.97 bits per heavy atom. The summed E-state index contributed by atoms with van der Waals surface area (Å²) in [6, 6.07) is 7.09. The van der Waals surface area contributed by atoms with E-state index in [2.05, 4.69) is 6.58 Å². The van der Waals surface area contributed by atoms with Crippen molar-refractivity contribution in [3.05, 3.63) is 64.8 Å². The van der Waals surface area contributed by atoms with Crippen LogP contribution in [0.25, 0.3) is 0 Å². The molecule has 4 atom stereocenters. The van der Waals surface area contributed by atoms with Crippen LogP contribution in [0.4, 0.5) is 0 Å². The van der Waals surface area contributed by atoms with Gasteiger partial charge in [0.25, 0.3) is 0 Å². The average molecular weight is 424 g/mol. The number of ketones is 1. The highest BCUT2D eigenvalue weighted by Crippen LogP contribution is 2.48. The second-order valence-corrected chi connectivity index (χ2v) is 8.09. The highest BCUT2D eigenvalue weighted by molar-refractivity contribution is 6.09. The summed E-state index contributed by atoms with van der Waals surface area (Å²) in [5, 5.41) is 9.77. The number of fused-ring (bicyclic) bond motifs is 3. The zero-order valence-electron chi connectivity index (χ0n) is 17.4. The van der Waals surface area contributed by atoms with Gasteiger partial charge < -0.3 is 19.3 Å². The van der Waals surface area contributed by atoms with E-state index in [9.17, 15) is 19.5 Å². The van der Waals surface area contributed by atoms with Gasteiger partial charge in [0.1, 0.15) is 18.0 Å². The van der Waals surface area contributed by atoms with Gasteiger partial charge in [0.15, 0.2) is 5.78 Å². The van der Waals surface area contributed by atoms with Crippen molar-refractivity contribution >= 4 is 17.7 Å². The smallest absolute Gasteiger partial charge is 0.334 e. The van der Waals surface area contributed by atoms with E-state index in [4.69, 9.17) is 14.2 Å². The third-order valence-corrected chi connectivity index (χ3v) is 6.22. The van der Waals surface area contributed by atoms with Crippen LogP contribution >= 0.6 is 0 Å². The lowest BCUT2D eigenvalue weighted by Crippen LogP contribution is -2.36. The molecule has 1 aromatic rings. The monoisotopic (exact) mass is 424 g/mol. The molecule has 0 spiro atoms. The van der Waals surface area contributed by atoms with Crippen LogP contribution in [-0.2, 0) is 30.3 Å². The quantitative estimate of drug-likeness (QED) is 0.571. The number of rotatable bonds is 5. The number of hydrogen-bond acceptors (Lipinski definition) is 7. The van der Waals surface area contributed by atoms with Crippen molar-refractivity contribution in [2.45, 2.75) is 32.0 Å². The number of methoxy groups -OCH3 is 1. The minimum atomic E-state index is -0.740. The zero-order chi connectivity index (χ0) is 22.3. The molecule has 0 amide bonds. The molecule has 0 unspecified atom stereocenters. The molecule has 0 radical (unpaired) electrons. The van der Waals surface area contributed by atoms with Crippen LogP contribution in [0, 0.1) is 11.8 Å². The molecule has 3 aliphatic rings. The molecule has 1 N–H and O–H groups in total. The first kappa shape index (κ1) is 21.1. The fraction of sp³-hybridized carbons (Fsp3) is 0.375. The Labute approximate surface area is 180 Å². The number of allylic oxidation sites excluding steroid dienone is 1. The maximum atomic E-state index is 12.7. The third kappa shape index (κ3) is 3.70. The van der Waals surface area contributed by atoms with Crippen molar-refractivity contribution < 1.29 is 33.7 Å². The fourth-order valence-electron chi connectivity index (χ4n) is 4.76. The Kier molecular flexibility index (Phi) is 5.54. The van der Waals surface area contributed by atoms with Crippen LogP contribution in [0.3, 0.4) is 0 Å². The Morgan fingerprint density at radius 3 is 2.61 bits per heavy atom. The van der Waals surface area contributed by atoms with E-state index in [1.54, 1.807) is 31.4 Å². The first-order valence-corrected chi connectivity index (χ1v) is 10.1. The van der Waals surface area contributed by atoms with Gasteiger partial charge in [-0.3, -0.25) is 9.59 Å². The normalized spacial score (nSPS) is 27.3. The second kappa shape index (κ2) is 8.15. The van der Waals surface area contributed by atoms with E-state index in [1.807, 2.05) is 6.92 Å². The summed E-state index contributed by atoms with van der Waals surface area (Å²) in [6.45, 7) is 5.36. The van der Waals surface area contributed by atoms with Crippen LogP contribution in [0.1, 0.15) is 18.9 Å². The number of carbonyl (C=O) groups is 3. The van der Waals surface area contributed by atoms with Crippen LogP contribution in [0.2, 0.25) is 0 Å². The fourth-order valence-corrected chi connectivity index (χ4v) is 4.76. The number of benzene rings is 1. The molecule has 2 aliphatic carbocycles. The lowest BCUT2D eigenvalue weighted by Gasteiger charge is -2.28. The number of ether oxygens (including phenoxy) is 3. The molecule has 1 fully saturated rings. The number of carbonyl (C=O) groups excluding carboxylic acids is 3. The van der Waals surface area contributed by atoms with Crippen LogP contribution < -0.4 is 4.74 Å². The zero-order valence-corrected chi connectivity index (χ0v) is 17.4. The molecule has 31 heavy (non-hydrogen) atoms. The van der Waals surface area contributed by atoms with Gasteiger partial charge >= 0.3 is 11.9 Å². The van der Waals surface area contributed by atoms with Crippen molar-refractivity contribution in [1.29, 1.82) is 0 Å². The first-order valence-electron chi connectivity index (χ1n) is 10.1. The summed E-state index contributed by atoms with van der Waals surface area (Å²) < 4.78 is 16.5. The molecule has 162 valence electrons. The van der Waals surface area contributed by atoms with Gasteiger partial charge in [-0.1, -0.05) is 24.3 Å². The summed E-state index contributed by atoms with van der Waals surface area (Å²) in [5.41, 5.74) is 2.76. The molecule has 1 aliphatic heterocycles. The van der Waals surface area contributed by atoms with E-state index in [0.29, 0.717) is 16.9 Å². The molecule has 0 bridgehead atoms. The van der Waals surface area contributed by atoms with Crippen molar-refractivity contribution in [3.8, 4) is 5.75 Å². The first-order chi connectivity index (χ1) is 14.8. The van der Waals surface area contributed by atoms with E-state index in [-0.39, 0.29) is 30.8 Å². The third-order valence-electron chi connectivity index (χ3n) is 6.22. The molecule has 0 aromatic heterocycles. The van der Waals surface area contributed by atoms with E-state index in [0.717, 1.165) is 11.1 Å². The Hall–Kier alpha value is -3.19. The van der Waals surface area contributed by atoms with Gasteiger partial charge in [0.2, 0.25) is 0 Å². The topological polar surface area (TPSA) is 99.1 Å². The van der Waals surface area contributed by atoms with Gasteiger partial charge in [-0.2, -0.15) is 0 Å². The molecule has 7 heteroatoms. The summed E-state index contributed by atoms with van der Waals surface area (Å²) in [5.74, 6) is -1.67.